The number of hydrogen-bond acceptors (Lipinski definition) is 3. The molecule has 1 fully saturated rings. The van der Waals surface area contributed by atoms with Crippen LogP contribution in [0.15, 0.2) is 23.1 Å². The number of alkyl halides is 3. The van der Waals surface area contributed by atoms with Gasteiger partial charge in [0.1, 0.15) is 0 Å². The van der Waals surface area contributed by atoms with Gasteiger partial charge in [-0.2, -0.15) is 13.2 Å². The van der Waals surface area contributed by atoms with Gasteiger partial charge in [-0.05, 0) is 43.4 Å². The molecule has 4 nitrogen and oxygen atoms in total. The summed E-state index contributed by atoms with van der Waals surface area (Å²) >= 11 is 0. The molecule has 0 heterocycles. The van der Waals surface area contributed by atoms with Crippen molar-refractivity contribution in [2.75, 3.05) is 18.0 Å². The first kappa shape index (κ1) is 17.1. The number of hydrogen-bond donors (Lipinski definition) is 1. The predicted octanol–water partition coefficient (Wildman–Crippen LogP) is 2.98. The van der Waals surface area contributed by atoms with Crippen molar-refractivity contribution in [2.24, 2.45) is 11.1 Å². The van der Waals surface area contributed by atoms with Crippen LogP contribution in [0, 0.1) is 5.92 Å². The maximum absolute atomic E-state index is 13.1. The second-order valence-electron chi connectivity index (χ2n) is 5.61. The second-order valence-corrected chi connectivity index (χ2v) is 7.14. The maximum Gasteiger partial charge on any atom is 0.417 e. The van der Waals surface area contributed by atoms with Crippen molar-refractivity contribution in [1.82, 2.24) is 0 Å². The van der Waals surface area contributed by atoms with Gasteiger partial charge in [-0.1, -0.05) is 6.92 Å². The van der Waals surface area contributed by atoms with Gasteiger partial charge in [0.05, 0.1) is 10.5 Å². The van der Waals surface area contributed by atoms with Crippen LogP contribution in [-0.2, 0) is 16.2 Å². The van der Waals surface area contributed by atoms with E-state index in [1.807, 2.05) is 11.8 Å². The molecule has 0 unspecified atom stereocenters. The molecule has 22 heavy (non-hydrogen) atoms. The van der Waals surface area contributed by atoms with E-state index in [0.717, 1.165) is 31.4 Å². The first-order valence-corrected chi connectivity index (χ1v) is 8.66. The molecule has 0 amide bonds. The third-order valence-electron chi connectivity index (χ3n) is 3.61. The molecule has 2 rings (SSSR count). The normalized spacial score (nSPS) is 15.9. The molecule has 0 atom stereocenters. The van der Waals surface area contributed by atoms with Crippen LogP contribution in [-0.4, -0.2) is 21.5 Å². The van der Waals surface area contributed by atoms with Gasteiger partial charge in [0.25, 0.3) is 0 Å². The van der Waals surface area contributed by atoms with Crippen molar-refractivity contribution in [2.45, 2.75) is 37.3 Å². The van der Waals surface area contributed by atoms with E-state index >= 15 is 0 Å². The van der Waals surface area contributed by atoms with E-state index in [2.05, 4.69) is 0 Å². The van der Waals surface area contributed by atoms with Crippen LogP contribution in [0.25, 0.3) is 0 Å². The summed E-state index contributed by atoms with van der Waals surface area (Å²) in [5.41, 5.74) is -0.821. The minimum absolute atomic E-state index is 0.383. The van der Waals surface area contributed by atoms with E-state index in [9.17, 15) is 21.6 Å². The SMILES string of the molecule is CCCN(CC1CC1)c1ccc(S(N)(=O)=O)c(C(F)(F)F)c1. The van der Waals surface area contributed by atoms with Crippen molar-refractivity contribution < 1.29 is 21.6 Å². The summed E-state index contributed by atoms with van der Waals surface area (Å²) < 4.78 is 62.2. The Balaban J connectivity index is 2.44. The van der Waals surface area contributed by atoms with Crippen LogP contribution >= 0.6 is 0 Å². The van der Waals surface area contributed by atoms with Gasteiger partial charge in [0.15, 0.2) is 0 Å². The van der Waals surface area contributed by atoms with Crippen molar-refractivity contribution in [3.8, 4) is 0 Å². The molecule has 0 radical (unpaired) electrons. The molecule has 0 aliphatic heterocycles. The lowest BCUT2D eigenvalue weighted by Gasteiger charge is -2.25. The average Bonchev–Trinajstić information content (AvgIpc) is 3.19. The number of primary sulfonamides is 1. The molecule has 1 aromatic rings. The number of nitrogens with two attached hydrogens (primary N) is 1. The molecule has 2 N–H and O–H groups in total. The highest BCUT2D eigenvalue weighted by atomic mass is 32.2. The second kappa shape index (κ2) is 6.08. The molecule has 1 aromatic carbocycles. The van der Waals surface area contributed by atoms with Gasteiger partial charge >= 0.3 is 6.18 Å². The van der Waals surface area contributed by atoms with E-state index < -0.39 is 26.7 Å². The van der Waals surface area contributed by atoms with Crippen molar-refractivity contribution in [3.05, 3.63) is 23.8 Å². The molecular formula is C14H19F3N2O2S. The van der Waals surface area contributed by atoms with Gasteiger partial charge in [-0.15, -0.1) is 0 Å². The Morgan fingerprint density at radius 1 is 1.32 bits per heavy atom. The van der Waals surface area contributed by atoms with Crippen molar-refractivity contribution in [1.29, 1.82) is 0 Å². The topological polar surface area (TPSA) is 63.4 Å². The van der Waals surface area contributed by atoms with Gasteiger partial charge in [0.2, 0.25) is 10.0 Å². The molecule has 0 bridgehead atoms. The monoisotopic (exact) mass is 336 g/mol. The third-order valence-corrected chi connectivity index (χ3v) is 4.58. The highest BCUT2D eigenvalue weighted by Gasteiger charge is 2.37. The van der Waals surface area contributed by atoms with Crippen LogP contribution in [0.4, 0.5) is 18.9 Å². The summed E-state index contributed by atoms with van der Waals surface area (Å²) in [6.07, 6.45) is -1.80. The zero-order valence-corrected chi connectivity index (χ0v) is 13.0. The number of sulfonamides is 1. The summed E-state index contributed by atoms with van der Waals surface area (Å²) in [6, 6.07) is 3.23. The van der Waals surface area contributed by atoms with Crippen molar-refractivity contribution in [3.63, 3.8) is 0 Å². The fourth-order valence-electron chi connectivity index (χ4n) is 2.39. The van der Waals surface area contributed by atoms with Gasteiger partial charge in [-0.3, -0.25) is 0 Å². The van der Waals surface area contributed by atoms with Crippen LogP contribution in [0.3, 0.4) is 0 Å². The summed E-state index contributed by atoms with van der Waals surface area (Å²) in [6.45, 7) is 3.27. The number of nitrogens with zero attached hydrogens (tertiary/aromatic N) is 1. The Kier molecular flexibility index (Phi) is 4.72. The van der Waals surface area contributed by atoms with Gasteiger partial charge < -0.3 is 4.90 Å². The Morgan fingerprint density at radius 2 is 1.95 bits per heavy atom. The first-order valence-electron chi connectivity index (χ1n) is 7.12. The Labute approximate surface area is 128 Å². The standard InChI is InChI=1S/C14H19F3N2O2S/c1-2-7-19(9-10-3-4-10)11-5-6-13(22(18,20)21)12(8-11)14(15,16)17/h5-6,8,10H,2-4,7,9H2,1H3,(H2,18,20,21). The molecule has 124 valence electrons. The highest BCUT2D eigenvalue weighted by molar-refractivity contribution is 7.89. The van der Waals surface area contributed by atoms with Crippen molar-refractivity contribution >= 4 is 15.7 Å². The lowest BCUT2D eigenvalue weighted by atomic mass is 10.1. The Morgan fingerprint density at radius 3 is 2.41 bits per heavy atom. The number of halogens is 3. The molecule has 1 saturated carbocycles. The molecule has 8 heteroatoms. The van der Waals surface area contributed by atoms with Gasteiger partial charge in [-0.25, -0.2) is 13.6 Å². The minimum atomic E-state index is -4.77. The zero-order valence-electron chi connectivity index (χ0n) is 12.2. The summed E-state index contributed by atoms with van der Waals surface area (Å²) in [4.78, 5) is 0.992. The fourth-order valence-corrected chi connectivity index (χ4v) is 3.13. The van der Waals surface area contributed by atoms with Gasteiger partial charge in [0, 0.05) is 18.8 Å². The van der Waals surface area contributed by atoms with Crippen LogP contribution in [0.2, 0.25) is 0 Å². The number of rotatable bonds is 6. The Hall–Kier alpha value is -1.28. The zero-order chi connectivity index (χ0) is 16.5. The molecule has 1 aliphatic rings. The smallest absolute Gasteiger partial charge is 0.371 e. The quantitative estimate of drug-likeness (QED) is 0.869. The lowest BCUT2D eigenvalue weighted by molar-refractivity contribution is -0.139. The maximum atomic E-state index is 13.1. The third kappa shape index (κ3) is 4.13. The molecule has 0 aromatic heterocycles. The summed E-state index contributed by atoms with van der Waals surface area (Å²) in [5.74, 6) is 0.513. The highest BCUT2D eigenvalue weighted by Crippen LogP contribution is 2.37. The average molecular weight is 336 g/mol. The minimum Gasteiger partial charge on any atom is -0.371 e. The molecular weight excluding hydrogens is 317 g/mol. The largest absolute Gasteiger partial charge is 0.417 e. The predicted molar refractivity (Wildman–Crippen MR) is 78.0 cm³/mol. The van der Waals surface area contributed by atoms with E-state index in [4.69, 9.17) is 5.14 Å². The van der Waals surface area contributed by atoms with E-state index in [0.29, 0.717) is 24.7 Å². The molecule has 0 saturated heterocycles. The molecule has 0 spiro atoms. The summed E-state index contributed by atoms with van der Waals surface area (Å²) in [7, 11) is -4.42. The number of benzene rings is 1. The summed E-state index contributed by atoms with van der Waals surface area (Å²) in [5, 5.41) is 4.89. The lowest BCUT2D eigenvalue weighted by Crippen LogP contribution is -2.27. The van der Waals surface area contributed by atoms with Crippen LogP contribution in [0.1, 0.15) is 31.7 Å². The number of anilines is 1. The van der Waals surface area contributed by atoms with E-state index in [1.54, 1.807) is 0 Å². The van der Waals surface area contributed by atoms with Crippen LogP contribution < -0.4 is 10.0 Å². The molecule has 1 aliphatic carbocycles. The Bertz CT molecular complexity index is 640. The van der Waals surface area contributed by atoms with Crippen LogP contribution in [0.5, 0.6) is 0 Å². The van der Waals surface area contributed by atoms with E-state index in [1.165, 1.54) is 6.07 Å². The first-order chi connectivity index (χ1) is 10.1. The fraction of sp³-hybridized carbons (Fsp3) is 0.571. The van der Waals surface area contributed by atoms with E-state index in [-0.39, 0.29) is 0 Å².